The first-order chi connectivity index (χ1) is 7.65. The highest BCUT2D eigenvalue weighted by Crippen LogP contribution is 1.94. The van der Waals surface area contributed by atoms with Crippen LogP contribution in [0, 0.1) is 0 Å². The van der Waals surface area contributed by atoms with Gasteiger partial charge in [0.05, 0.1) is 0 Å². The Morgan fingerprint density at radius 1 is 1.25 bits per heavy atom. The molecular formula is C10H15NO4S. The molecular weight excluding hydrogens is 230 g/mol. The second kappa shape index (κ2) is 8.84. The SMILES string of the molecule is C=CCOC(=O)N[C@@H](CS)C(=O)OCC=C. The van der Waals surface area contributed by atoms with Crippen LogP contribution in [0.3, 0.4) is 0 Å². The highest BCUT2D eigenvalue weighted by molar-refractivity contribution is 7.80. The smallest absolute Gasteiger partial charge is 0.408 e. The van der Waals surface area contributed by atoms with Gasteiger partial charge in [-0.1, -0.05) is 25.3 Å². The lowest BCUT2D eigenvalue weighted by Gasteiger charge is -2.14. The van der Waals surface area contributed by atoms with Crippen LogP contribution >= 0.6 is 12.6 Å². The molecule has 1 amide bonds. The number of rotatable bonds is 7. The first kappa shape index (κ1) is 14.6. The number of carbonyl (C=O) groups excluding carboxylic acids is 2. The summed E-state index contributed by atoms with van der Waals surface area (Å²) in [5, 5.41) is 2.32. The predicted octanol–water partition coefficient (Wildman–Crippen LogP) is 0.926. The van der Waals surface area contributed by atoms with E-state index in [9.17, 15) is 9.59 Å². The average molecular weight is 245 g/mol. The molecule has 1 N–H and O–H groups in total. The van der Waals surface area contributed by atoms with E-state index in [4.69, 9.17) is 4.74 Å². The van der Waals surface area contributed by atoms with E-state index in [1.54, 1.807) is 0 Å². The van der Waals surface area contributed by atoms with Crippen LogP contribution in [0.25, 0.3) is 0 Å². The number of esters is 1. The summed E-state index contributed by atoms with van der Waals surface area (Å²) in [5.74, 6) is -0.454. The number of hydrogen-bond acceptors (Lipinski definition) is 5. The molecule has 0 fully saturated rings. The lowest BCUT2D eigenvalue weighted by atomic mass is 10.3. The normalized spacial score (nSPS) is 11.1. The summed E-state index contributed by atoms with van der Waals surface area (Å²) in [5.41, 5.74) is 0. The fourth-order valence-corrected chi connectivity index (χ4v) is 0.980. The molecule has 0 aliphatic heterocycles. The number of carbonyl (C=O) groups is 2. The fourth-order valence-electron chi connectivity index (χ4n) is 0.739. The highest BCUT2D eigenvalue weighted by Gasteiger charge is 2.20. The Kier molecular flexibility index (Phi) is 8.05. The van der Waals surface area contributed by atoms with E-state index < -0.39 is 18.1 Å². The van der Waals surface area contributed by atoms with Crippen molar-refractivity contribution in [3.63, 3.8) is 0 Å². The lowest BCUT2D eigenvalue weighted by Crippen LogP contribution is -2.43. The maximum atomic E-state index is 11.3. The van der Waals surface area contributed by atoms with Crippen LogP contribution < -0.4 is 5.32 Å². The molecule has 0 saturated carbocycles. The molecule has 0 rings (SSSR count). The van der Waals surface area contributed by atoms with Gasteiger partial charge in [0.1, 0.15) is 19.3 Å². The van der Waals surface area contributed by atoms with Crippen molar-refractivity contribution in [1.82, 2.24) is 5.32 Å². The van der Waals surface area contributed by atoms with E-state index >= 15 is 0 Å². The maximum Gasteiger partial charge on any atom is 0.408 e. The number of thiol groups is 1. The van der Waals surface area contributed by atoms with Gasteiger partial charge in [0.15, 0.2) is 0 Å². The fraction of sp³-hybridized carbons (Fsp3) is 0.400. The minimum Gasteiger partial charge on any atom is -0.460 e. The molecule has 0 bridgehead atoms. The molecule has 0 unspecified atom stereocenters. The molecule has 0 aromatic rings. The van der Waals surface area contributed by atoms with Gasteiger partial charge in [0, 0.05) is 5.75 Å². The minimum absolute atomic E-state index is 0.0762. The van der Waals surface area contributed by atoms with E-state index in [-0.39, 0.29) is 19.0 Å². The molecule has 1 atom stereocenters. The Bertz CT molecular complexity index is 268. The molecule has 0 aromatic carbocycles. The third kappa shape index (κ3) is 6.13. The summed E-state index contributed by atoms with van der Waals surface area (Å²) in [6, 6.07) is -0.833. The molecule has 16 heavy (non-hydrogen) atoms. The summed E-state index contributed by atoms with van der Waals surface area (Å²) in [6.07, 6.45) is 2.14. The van der Waals surface area contributed by atoms with Gasteiger partial charge >= 0.3 is 12.1 Å². The number of hydrogen-bond donors (Lipinski definition) is 2. The van der Waals surface area contributed by atoms with Gasteiger partial charge in [-0.25, -0.2) is 9.59 Å². The third-order valence-electron chi connectivity index (χ3n) is 1.43. The summed E-state index contributed by atoms with van der Waals surface area (Å²) in [4.78, 5) is 22.4. The van der Waals surface area contributed by atoms with Crippen molar-refractivity contribution in [2.45, 2.75) is 6.04 Å². The largest absolute Gasteiger partial charge is 0.460 e. The van der Waals surface area contributed by atoms with Crippen molar-refractivity contribution < 1.29 is 19.1 Å². The van der Waals surface area contributed by atoms with Gasteiger partial charge in [-0.05, 0) is 0 Å². The van der Waals surface area contributed by atoms with Crippen LogP contribution in [0.5, 0.6) is 0 Å². The van der Waals surface area contributed by atoms with E-state index in [1.165, 1.54) is 12.2 Å². The van der Waals surface area contributed by atoms with Gasteiger partial charge in [0.25, 0.3) is 0 Å². The minimum atomic E-state index is -0.833. The van der Waals surface area contributed by atoms with Crippen molar-refractivity contribution in [1.29, 1.82) is 0 Å². The van der Waals surface area contributed by atoms with Gasteiger partial charge in [0.2, 0.25) is 0 Å². The maximum absolute atomic E-state index is 11.3. The molecule has 0 heterocycles. The predicted molar refractivity (Wildman–Crippen MR) is 63.5 cm³/mol. The lowest BCUT2D eigenvalue weighted by molar-refractivity contribution is -0.144. The Morgan fingerprint density at radius 2 is 1.81 bits per heavy atom. The zero-order chi connectivity index (χ0) is 12.4. The monoisotopic (exact) mass is 245 g/mol. The van der Waals surface area contributed by atoms with Crippen molar-refractivity contribution in [3.05, 3.63) is 25.3 Å². The van der Waals surface area contributed by atoms with Gasteiger partial charge in [-0.15, -0.1) is 0 Å². The average Bonchev–Trinajstić information content (AvgIpc) is 2.30. The summed E-state index contributed by atoms with van der Waals surface area (Å²) in [6.45, 7) is 6.95. The quantitative estimate of drug-likeness (QED) is 0.398. The summed E-state index contributed by atoms with van der Waals surface area (Å²) < 4.78 is 9.40. The van der Waals surface area contributed by atoms with Gasteiger partial charge in [-0.3, -0.25) is 0 Å². The number of alkyl carbamates (subject to hydrolysis) is 1. The molecule has 0 aliphatic rings. The molecule has 0 aromatic heterocycles. The van der Waals surface area contributed by atoms with Crippen LogP contribution in [0.2, 0.25) is 0 Å². The number of nitrogens with one attached hydrogen (secondary N) is 1. The van der Waals surface area contributed by atoms with E-state index in [0.29, 0.717) is 0 Å². The topological polar surface area (TPSA) is 64.6 Å². The molecule has 5 nitrogen and oxygen atoms in total. The van der Waals surface area contributed by atoms with Gasteiger partial charge in [-0.2, -0.15) is 12.6 Å². The zero-order valence-electron chi connectivity index (χ0n) is 8.85. The zero-order valence-corrected chi connectivity index (χ0v) is 9.74. The van der Waals surface area contributed by atoms with E-state index in [1.807, 2.05) is 0 Å². The first-order valence-electron chi connectivity index (χ1n) is 4.58. The van der Waals surface area contributed by atoms with E-state index in [2.05, 4.69) is 35.8 Å². The highest BCUT2D eigenvalue weighted by atomic mass is 32.1. The number of ether oxygens (including phenoxy) is 2. The second-order valence-electron chi connectivity index (χ2n) is 2.69. The Morgan fingerprint density at radius 3 is 2.31 bits per heavy atom. The second-order valence-corrected chi connectivity index (χ2v) is 3.05. The van der Waals surface area contributed by atoms with Crippen LogP contribution in [0.4, 0.5) is 4.79 Å². The van der Waals surface area contributed by atoms with Crippen LogP contribution in [-0.4, -0.2) is 37.1 Å². The van der Waals surface area contributed by atoms with Crippen molar-refractivity contribution in [2.24, 2.45) is 0 Å². The molecule has 0 spiro atoms. The van der Waals surface area contributed by atoms with E-state index in [0.717, 1.165) is 0 Å². The van der Waals surface area contributed by atoms with Crippen LogP contribution in [0.1, 0.15) is 0 Å². The Balaban J connectivity index is 4.06. The van der Waals surface area contributed by atoms with Crippen molar-refractivity contribution >= 4 is 24.7 Å². The van der Waals surface area contributed by atoms with Crippen LogP contribution in [0.15, 0.2) is 25.3 Å². The van der Waals surface area contributed by atoms with Crippen molar-refractivity contribution in [3.8, 4) is 0 Å². The van der Waals surface area contributed by atoms with Crippen LogP contribution in [-0.2, 0) is 14.3 Å². The van der Waals surface area contributed by atoms with Gasteiger partial charge < -0.3 is 14.8 Å². The molecule has 6 heteroatoms. The standard InChI is InChI=1S/C10H15NO4S/c1-3-5-14-9(12)8(7-16)11-10(13)15-6-4-2/h3-4,8,16H,1-2,5-7H2,(H,11,13)/t8-/m0/s1. The van der Waals surface area contributed by atoms with Crippen molar-refractivity contribution in [2.75, 3.05) is 19.0 Å². The summed E-state index contributed by atoms with van der Waals surface area (Å²) in [7, 11) is 0. The molecule has 0 radical (unpaired) electrons. The molecule has 90 valence electrons. The first-order valence-corrected chi connectivity index (χ1v) is 5.21. The Labute approximate surface area is 99.9 Å². The Hall–Kier alpha value is -1.43. The molecule has 0 saturated heterocycles. The number of amides is 1. The summed E-state index contributed by atoms with van der Waals surface area (Å²) >= 11 is 3.93. The third-order valence-corrected chi connectivity index (χ3v) is 1.80. The molecule has 0 aliphatic carbocycles.